The molecule has 4 nitrogen and oxygen atoms in total. The van der Waals surface area contributed by atoms with Crippen molar-refractivity contribution < 1.29 is 9.90 Å². The van der Waals surface area contributed by atoms with E-state index < -0.39 is 0 Å². The molecule has 3 N–H and O–H groups in total. The average molecular weight is 212 g/mol. The Morgan fingerprint density at radius 3 is 2.67 bits per heavy atom. The Labute approximate surface area is 90.4 Å². The maximum atomic E-state index is 11.6. The largest absolute Gasteiger partial charge is 0.391 e. The minimum Gasteiger partial charge on any atom is -0.391 e. The molecule has 2 fully saturated rings. The quantitative estimate of drug-likeness (QED) is 0.618. The van der Waals surface area contributed by atoms with Crippen LogP contribution in [0.25, 0.3) is 0 Å². The molecule has 15 heavy (non-hydrogen) atoms. The second kappa shape index (κ2) is 4.94. The number of aliphatic hydroxyl groups excluding tert-OH is 1. The lowest BCUT2D eigenvalue weighted by Gasteiger charge is -2.30. The molecule has 2 rings (SSSR count). The van der Waals surface area contributed by atoms with Gasteiger partial charge in [0.15, 0.2) is 0 Å². The lowest BCUT2D eigenvalue weighted by Crippen LogP contribution is -2.49. The van der Waals surface area contributed by atoms with Gasteiger partial charge in [-0.05, 0) is 31.8 Å². The van der Waals surface area contributed by atoms with Crippen molar-refractivity contribution in [2.75, 3.05) is 13.1 Å². The number of hydrogen-bond donors (Lipinski definition) is 3. The Hall–Kier alpha value is -0.610. The van der Waals surface area contributed by atoms with Gasteiger partial charge in [-0.3, -0.25) is 4.79 Å². The van der Waals surface area contributed by atoms with E-state index in [1.54, 1.807) is 0 Å². The van der Waals surface area contributed by atoms with Gasteiger partial charge in [0.2, 0.25) is 5.91 Å². The topological polar surface area (TPSA) is 61.4 Å². The summed E-state index contributed by atoms with van der Waals surface area (Å²) in [6, 6.07) is -0.000661. The van der Waals surface area contributed by atoms with E-state index in [1.807, 2.05) is 0 Å². The van der Waals surface area contributed by atoms with Crippen LogP contribution in [0.1, 0.15) is 32.1 Å². The van der Waals surface area contributed by atoms with Gasteiger partial charge in [0.05, 0.1) is 12.1 Å². The van der Waals surface area contributed by atoms with Crippen molar-refractivity contribution in [1.82, 2.24) is 10.6 Å². The monoisotopic (exact) mass is 212 g/mol. The van der Waals surface area contributed by atoms with Gasteiger partial charge in [-0.15, -0.1) is 0 Å². The first kappa shape index (κ1) is 10.9. The van der Waals surface area contributed by atoms with E-state index >= 15 is 0 Å². The lowest BCUT2D eigenvalue weighted by molar-refractivity contribution is -0.124. The van der Waals surface area contributed by atoms with Crippen LogP contribution in [0.15, 0.2) is 0 Å². The number of nitrogens with one attached hydrogen (secondary N) is 2. The van der Waals surface area contributed by atoms with E-state index in [0.717, 1.165) is 38.8 Å². The van der Waals surface area contributed by atoms with Crippen molar-refractivity contribution in [2.45, 2.75) is 44.2 Å². The Balaban J connectivity index is 1.71. The van der Waals surface area contributed by atoms with E-state index in [4.69, 9.17) is 0 Å². The van der Waals surface area contributed by atoms with Crippen molar-refractivity contribution in [1.29, 1.82) is 0 Å². The summed E-state index contributed by atoms with van der Waals surface area (Å²) in [5.74, 6) is 0.609. The van der Waals surface area contributed by atoms with E-state index in [0.29, 0.717) is 12.3 Å². The molecule has 1 amide bonds. The van der Waals surface area contributed by atoms with Crippen LogP contribution in [0.2, 0.25) is 0 Å². The molecule has 1 aliphatic carbocycles. The zero-order chi connectivity index (χ0) is 10.7. The summed E-state index contributed by atoms with van der Waals surface area (Å²) in [6.45, 7) is 1.92. The zero-order valence-corrected chi connectivity index (χ0v) is 9.04. The van der Waals surface area contributed by atoms with Crippen LogP contribution in [0.5, 0.6) is 0 Å². The van der Waals surface area contributed by atoms with Crippen LogP contribution in [0.4, 0.5) is 0 Å². The molecule has 1 saturated heterocycles. The summed E-state index contributed by atoms with van der Waals surface area (Å²) in [6.07, 6.45) is 4.23. The van der Waals surface area contributed by atoms with Crippen LogP contribution in [0, 0.1) is 5.92 Å². The van der Waals surface area contributed by atoms with Gasteiger partial charge in [0.1, 0.15) is 0 Å². The summed E-state index contributed by atoms with van der Waals surface area (Å²) >= 11 is 0. The fourth-order valence-corrected chi connectivity index (χ4v) is 2.30. The minimum absolute atomic E-state index is 0.000661. The number of rotatable bonds is 3. The Bertz CT molecular complexity index is 229. The van der Waals surface area contributed by atoms with Gasteiger partial charge in [-0.25, -0.2) is 0 Å². The van der Waals surface area contributed by atoms with E-state index in [-0.39, 0.29) is 18.1 Å². The Morgan fingerprint density at radius 2 is 2.07 bits per heavy atom. The van der Waals surface area contributed by atoms with Crippen LogP contribution in [0.3, 0.4) is 0 Å². The number of carbonyl (C=O) groups excluding carboxylic acids is 1. The molecule has 86 valence electrons. The fraction of sp³-hybridized carbons (Fsp3) is 0.909. The lowest BCUT2D eigenvalue weighted by atomic mass is 9.92. The molecule has 0 bridgehead atoms. The first-order valence-electron chi connectivity index (χ1n) is 5.94. The molecule has 0 aromatic carbocycles. The molecule has 0 aromatic rings. The highest BCUT2D eigenvalue weighted by atomic mass is 16.3. The van der Waals surface area contributed by atoms with Crippen molar-refractivity contribution in [3.63, 3.8) is 0 Å². The predicted molar refractivity (Wildman–Crippen MR) is 57.4 cm³/mol. The molecule has 4 heteroatoms. The molecule has 0 spiro atoms. The van der Waals surface area contributed by atoms with Crippen LogP contribution in [-0.2, 0) is 4.79 Å². The first-order chi connectivity index (χ1) is 7.25. The normalized spacial score (nSPS) is 32.1. The third kappa shape index (κ3) is 2.92. The molecule has 2 unspecified atom stereocenters. The number of carbonyl (C=O) groups is 1. The van der Waals surface area contributed by atoms with Crippen LogP contribution < -0.4 is 10.6 Å². The smallest absolute Gasteiger partial charge is 0.220 e. The van der Waals surface area contributed by atoms with Crippen molar-refractivity contribution in [2.24, 2.45) is 5.92 Å². The standard InChI is InChI=1S/C11H20N2O2/c14-10-4-2-1-3-9(10)13-11(15)5-8-6-12-7-8/h8-10,12,14H,1-7H2,(H,13,15). The minimum atomic E-state index is -0.331. The molecule has 2 atom stereocenters. The molecular weight excluding hydrogens is 192 g/mol. The summed E-state index contributed by atoms with van der Waals surface area (Å²) < 4.78 is 0. The average Bonchev–Trinajstić information content (AvgIpc) is 2.16. The SMILES string of the molecule is O=C(CC1CNC1)NC1CCCCC1O. The fourth-order valence-electron chi connectivity index (χ4n) is 2.30. The van der Waals surface area contributed by atoms with Gasteiger partial charge in [-0.1, -0.05) is 12.8 Å². The number of hydrogen-bond acceptors (Lipinski definition) is 3. The van der Waals surface area contributed by atoms with Gasteiger partial charge >= 0.3 is 0 Å². The summed E-state index contributed by atoms with van der Waals surface area (Å²) in [7, 11) is 0. The van der Waals surface area contributed by atoms with Crippen molar-refractivity contribution >= 4 is 5.91 Å². The molecule has 2 aliphatic rings. The molecule has 1 aliphatic heterocycles. The second-order valence-electron chi connectivity index (χ2n) is 4.75. The molecule has 0 radical (unpaired) electrons. The van der Waals surface area contributed by atoms with Gasteiger partial charge in [0.25, 0.3) is 0 Å². The third-order valence-corrected chi connectivity index (χ3v) is 3.42. The molecule has 1 heterocycles. The van der Waals surface area contributed by atoms with Crippen LogP contribution in [-0.4, -0.2) is 36.2 Å². The predicted octanol–water partition coefficient (Wildman–Crippen LogP) is 0.0156. The summed E-state index contributed by atoms with van der Waals surface area (Å²) in [5.41, 5.74) is 0. The molecule has 0 aromatic heterocycles. The highest BCUT2D eigenvalue weighted by Crippen LogP contribution is 2.18. The molecule has 1 saturated carbocycles. The van der Waals surface area contributed by atoms with Crippen molar-refractivity contribution in [3.05, 3.63) is 0 Å². The van der Waals surface area contributed by atoms with Gasteiger partial charge in [0, 0.05) is 6.42 Å². The Morgan fingerprint density at radius 1 is 1.33 bits per heavy atom. The maximum absolute atomic E-state index is 11.6. The summed E-state index contributed by atoms with van der Waals surface area (Å²) in [4.78, 5) is 11.6. The number of aliphatic hydroxyl groups is 1. The summed E-state index contributed by atoms with van der Waals surface area (Å²) in [5, 5.41) is 15.8. The maximum Gasteiger partial charge on any atom is 0.220 e. The molecular formula is C11H20N2O2. The highest BCUT2D eigenvalue weighted by Gasteiger charge is 2.26. The Kier molecular flexibility index (Phi) is 3.59. The van der Waals surface area contributed by atoms with E-state index in [1.165, 1.54) is 0 Å². The zero-order valence-electron chi connectivity index (χ0n) is 9.04. The second-order valence-corrected chi connectivity index (χ2v) is 4.75. The number of amides is 1. The van der Waals surface area contributed by atoms with Gasteiger partial charge < -0.3 is 15.7 Å². The third-order valence-electron chi connectivity index (χ3n) is 3.42. The highest BCUT2D eigenvalue weighted by molar-refractivity contribution is 5.76. The van der Waals surface area contributed by atoms with E-state index in [9.17, 15) is 9.90 Å². The van der Waals surface area contributed by atoms with E-state index in [2.05, 4.69) is 10.6 Å². The first-order valence-corrected chi connectivity index (χ1v) is 5.94. The van der Waals surface area contributed by atoms with Crippen molar-refractivity contribution in [3.8, 4) is 0 Å². The van der Waals surface area contributed by atoms with Gasteiger partial charge in [-0.2, -0.15) is 0 Å². The van der Waals surface area contributed by atoms with Crippen LogP contribution >= 0.6 is 0 Å².